The maximum Gasteiger partial charge on any atom is 0.472 e. The van der Waals surface area contributed by atoms with E-state index >= 15 is 0 Å². The number of aliphatic hydroxyl groups is 4. The van der Waals surface area contributed by atoms with Gasteiger partial charge in [-0.2, -0.15) is 0 Å². The second kappa shape index (κ2) is 16.3. The Morgan fingerprint density at radius 1 is 0.613 bits per heavy atom. The molecule has 3 saturated heterocycles. The van der Waals surface area contributed by atoms with E-state index in [1.165, 1.54) is 39.0 Å². The van der Waals surface area contributed by atoms with Gasteiger partial charge in [0.25, 0.3) is 0 Å². The summed E-state index contributed by atoms with van der Waals surface area (Å²) in [5.41, 5.74) is 18.7. The Morgan fingerprint density at radius 2 is 1.03 bits per heavy atom. The van der Waals surface area contributed by atoms with Gasteiger partial charge in [0.05, 0.1) is 44.9 Å². The fraction of sp³-hybridized carbons (Fsp3) is 0.500. The monoisotopic (exact) mass is 909 g/mol. The van der Waals surface area contributed by atoms with E-state index < -0.39 is 103 Å². The topological polar surface area (TPSA) is 429 Å². The van der Waals surface area contributed by atoms with Crippen molar-refractivity contribution in [3.8, 4) is 0 Å². The molecule has 6 aromatic heterocycles. The third kappa shape index (κ3) is 7.73. The van der Waals surface area contributed by atoms with Gasteiger partial charge in [-0.25, -0.2) is 54.0 Å². The fourth-order valence-electron chi connectivity index (χ4n) is 7.33. The Morgan fingerprint density at radius 3 is 1.52 bits per heavy atom. The van der Waals surface area contributed by atoms with Gasteiger partial charge >= 0.3 is 15.6 Å². The number of hydrogen-bond acceptors (Lipinski definition) is 25. The minimum absolute atomic E-state index is 0.00988. The number of ether oxygens (including phenoxy) is 3. The maximum atomic E-state index is 13.5. The van der Waals surface area contributed by atoms with Crippen molar-refractivity contribution in [2.75, 3.05) is 37.0 Å². The van der Waals surface area contributed by atoms with E-state index in [0.717, 1.165) is 12.7 Å². The third-order valence-corrected chi connectivity index (χ3v) is 12.3. The molecular formula is C30H37N15O15P2. The lowest BCUT2D eigenvalue weighted by Crippen LogP contribution is -2.36. The number of nitrogen functional groups attached to an aromatic ring is 3. The largest absolute Gasteiger partial charge is 0.472 e. The number of rotatable bonds is 14. The quantitative estimate of drug-likeness (QED) is 0.0507. The molecule has 332 valence electrons. The Balaban J connectivity index is 0.906. The number of phosphoric acid groups is 2. The molecule has 9 heterocycles. The van der Waals surface area contributed by atoms with E-state index in [1.54, 1.807) is 0 Å². The molecule has 3 aliphatic heterocycles. The smallest absolute Gasteiger partial charge is 0.394 e. The molecule has 32 heteroatoms. The van der Waals surface area contributed by atoms with Crippen LogP contribution in [-0.4, -0.2) is 157 Å². The molecule has 13 atom stereocenters. The van der Waals surface area contributed by atoms with Crippen LogP contribution in [-0.2, 0) is 41.4 Å². The van der Waals surface area contributed by atoms with Gasteiger partial charge in [-0.1, -0.05) is 0 Å². The van der Waals surface area contributed by atoms with Gasteiger partial charge in [-0.3, -0.25) is 31.8 Å². The Bertz CT molecular complexity index is 2710. The highest BCUT2D eigenvalue weighted by atomic mass is 31.2. The molecule has 0 amide bonds. The first kappa shape index (κ1) is 42.3. The summed E-state index contributed by atoms with van der Waals surface area (Å²) in [5.74, 6) is 0.102. The van der Waals surface area contributed by atoms with E-state index in [9.17, 15) is 39.3 Å². The molecule has 0 aliphatic carbocycles. The van der Waals surface area contributed by atoms with Crippen LogP contribution in [0, 0.1) is 0 Å². The molecule has 3 fully saturated rings. The molecular weight excluding hydrogens is 872 g/mol. The van der Waals surface area contributed by atoms with Crippen molar-refractivity contribution in [1.82, 2.24) is 58.6 Å². The highest BCUT2D eigenvalue weighted by Gasteiger charge is 2.53. The van der Waals surface area contributed by atoms with Crippen LogP contribution in [0.2, 0.25) is 0 Å². The van der Waals surface area contributed by atoms with Crippen molar-refractivity contribution in [1.29, 1.82) is 0 Å². The molecule has 0 saturated carbocycles. The average Bonchev–Trinajstić information content (AvgIpc) is 4.10. The molecule has 3 aliphatic rings. The molecule has 13 unspecified atom stereocenters. The van der Waals surface area contributed by atoms with Gasteiger partial charge in [0.1, 0.15) is 84.5 Å². The SMILES string of the molecule is Nc1ncnc2c1ncn2C1CC(O)C(COP(=O)(O)OC2C(O)C(COP(=O)(O)OC3C(O)C(CO)OC3n3cnc4c(N)ncnc43)OC2n2cnc3c(N)ncnc32)O1. The van der Waals surface area contributed by atoms with Crippen LogP contribution in [0.1, 0.15) is 25.1 Å². The van der Waals surface area contributed by atoms with Crippen molar-refractivity contribution in [3.63, 3.8) is 0 Å². The highest BCUT2D eigenvalue weighted by molar-refractivity contribution is 7.47. The van der Waals surface area contributed by atoms with Gasteiger partial charge in [0, 0.05) is 6.42 Å². The number of imidazole rings is 3. The van der Waals surface area contributed by atoms with E-state index in [0.29, 0.717) is 11.2 Å². The molecule has 62 heavy (non-hydrogen) atoms. The van der Waals surface area contributed by atoms with Crippen molar-refractivity contribution in [2.45, 2.75) is 73.9 Å². The average molecular weight is 910 g/mol. The number of nitrogens with two attached hydrogens (primary N) is 3. The predicted molar refractivity (Wildman–Crippen MR) is 202 cm³/mol. The summed E-state index contributed by atoms with van der Waals surface area (Å²) in [5, 5.41) is 43.1. The maximum absolute atomic E-state index is 13.5. The van der Waals surface area contributed by atoms with Crippen molar-refractivity contribution in [2.24, 2.45) is 0 Å². The first-order valence-electron chi connectivity index (χ1n) is 18.3. The molecule has 12 N–H and O–H groups in total. The van der Waals surface area contributed by atoms with Crippen LogP contribution in [0.5, 0.6) is 0 Å². The number of hydrogen-bond donors (Lipinski definition) is 9. The lowest BCUT2D eigenvalue weighted by molar-refractivity contribution is -0.0636. The Hall–Kier alpha value is -5.01. The third-order valence-electron chi connectivity index (χ3n) is 10.3. The molecule has 9 rings (SSSR count). The molecule has 0 aromatic carbocycles. The molecule has 30 nitrogen and oxygen atoms in total. The van der Waals surface area contributed by atoms with Gasteiger partial charge in [0.15, 0.2) is 46.9 Å². The second-order valence-corrected chi connectivity index (χ2v) is 17.0. The lowest BCUT2D eigenvalue weighted by Gasteiger charge is -2.25. The lowest BCUT2D eigenvalue weighted by atomic mass is 10.1. The van der Waals surface area contributed by atoms with Gasteiger partial charge in [-0.05, 0) is 0 Å². The normalized spacial score (nSPS) is 31.0. The minimum Gasteiger partial charge on any atom is -0.394 e. The van der Waals surface area contributed by atoms with Crippen LogP contribution < -0.4 is 17.2 Å². The zero-order valence-electron chi connectivity index (χ0n) is 31.5. The van der Waals surface area contributed by atoms with E-state index in [4.69, 9.17) is 49.5 Å². The predicted octanol–water partition coefficient (Wildman–Crippen LogP) is -2.59. The zero-order valence-corrected chi connectivity index (χ0v) is 33.3. The molecule has 0 radical (unpaired) electrons. The standard InChI is InChI=1S/C30H37N15O15P2/c31-23-16-26(37-5-34-23)43(8-40-16)15-1-11(47)13(56-15)3-54-61(50,51)60-22-20(49)14(58-30(22)45-10-42-18-25(33)36-7-39-28(18)45)4-55-62(52,53)59-21-19(48)12(2-46)57-29(21)44-9-41-17-24(32)35-6-38-27(17)44/h5-15,19-22,29-30,46-49H,1-4H2,(H,50,51)(H,52,53)(H2,31,34,37)(H2,32,35,38)(H2,33,36,39). The first-order valence-corrected chi connectivity index (χ1v) is 21.3. The summed E-state index contributed by atoms with van der Waals surface area (Å²) in [6.45, 7) is -2.32. The van der Waals surface area contributed by atoms with Gasteiger partial charge in [-0.15, -0.1) is 0 Å². The summed E-state index contributed by atoms with van der Waals surface area (Å²) in [4.78, 5) is 58.4. The summed E-state index contributed by atoms with van der Waals surface area (Å²) in [7, 11) is -10.4. The van der Waals surface area contributed by atoms with Crippen LogP contribution in [0.3, 0.4) is 0 Å². The van der Waals surface area contributed by atoms with E-state index in [2.05, 4.69) is 44.9 Å². The number of nitrogens with zero attached hydrogens (tertiary/aromatic N) is 12. The number of aromatic nitrogens is 12. The Labute approximate surface area is 345 Å². The van der Waals surface area contributed by atoms with E-state index in [1.807, 2.05) is 0 Å². The van der Waals surface area contributed by atoms with Crippen molar-refractivity contribution >= 4 is 66.6 Å². The number of fused-ring (bicyclic) bond motifs is 3. The minimum atomic E-state index is -5.25. The van der Waals surface area contributed by atoms with Crippen LogP contribution in [0.25, 0.3) is 33.5 Å². The van der Waals surface area contributed by atoms with Crippen molar-refractivity contribution < 1.29 is 71.6 Å². The Kier molecular flexibility index (Phi) is 11.1. The summed E-state index contributed by atoms with van der Waals surface area (Å²) < 4.78 is 70.0. The fourth-order valence-corrected chi connectivity index (χ4v) is 9.20. The summed E-state index contributed by atoms with van der Waals surface area (Å²) >= 11 is 0. The number of anilines is 3. The zero-order chi connectivity index (χ0) is 43.7. The van der Waals surface area contributed by atoms with Crippen LogP contribution in [0.15, 0.2) is 38.0 Å². The number of phosphoric ester groups is 2. The summed E-state index contributed by atoms with van der Waals surface area (Å²) in [6, 6.07) is 0. The first-order chi connectivity index (χ1) is 29.6. The van der Waals surface area contributed by atoms with Crippen LogP contribution >= 0.6 is 15.6 Å². The molecule has 0 bridgehead atoms. The molecule has 6 aromatic rings. The number of aliphatic hydroxyl groups excluding tert-OH is 4. The van der Waals surface area contributed by atoms with Gasteiger partial charge < -0.3 is 61.6 Å². The van der Waals surface area contributed by atoms with Crippen LogP contribution in [0.4, 0.5) is 17.5 Å². The summed E-state index contributed by atoms with van der Waals surface area (Å²) in [6.07, 6.45) is -8.84. The highest BCUT2D eigenvalue weighted by Crippen LogP contribution is 2.53. The molecule has 0 spiro atoms. The van der Waals surface area contributed by atoms with Crippen molar-refractivity contribution in [3.05, 3.63) is 38.0 Å². The van der Waals surface area contributed by atoms with Gasteiger partial charge in [0.2, 0.25) is 0 Å². The second-order valence-electron chi connectivity index (χ2n) is 14.1. The van der Waals surface area contributed by atoms with E-state index in [-0.39, 0.29) is 46.2 Å².